The molecule has 0 saturated heterocycles. The van der Waals surface area contributed by atoms with Crippen LogP contribution in [0.4, 0.5) is 5.69 Å². The fraction of sp³-hybridized carbons (Fsp3) is 0.200. The lowest BCUT2D eigenvalue weighted by molar-refractivity contribution is 0.102. The van der Waals surface area contributed by atoms with Gasteiger partial charge in [0.25, 0.3) is 11.8 Å². The number of amides is 1. The molecule has 0 aromatic carbocycles. The molecule has 22 heavy (non-hydrogen) atoms. The fourth-order valence-electron chi connectivity index (χ4n) is 1.91. The van der Waals surface area contributed by atoms with Crippen LogP contribution in [0.3, 0.4) is 0 Å². The van der Waals surface area contributed by atoms with Gasteiger partial charge in [0.05, 0.1) is 10.6 Å². The maximum Gasteiger partial charge on any atom is 0.257 e. The topological polar surface area (TPSA) is 80.9 Å². The van der Waals surface area contributed by atoms with Crippen LogP contribution >= 0.6 is 11.3 Å². The van der Waals surface area contributed by atoms with Crippen molar-refractivity contribution in [1.82, 2.24) is 15.2 Å². The zero-order valence-electron chi connectivity index (χ0n) is 12.2. The summed E-state index contributed by atoms with van der Waals surface area (Å²) < 4.78 is 5.54. The normalized spacial score (nSPS) is 10.6. The second-order valence-electron chi connectivity index (χ2n) is 4.63. The Bertz CT molecular complexity index is 795. The van der Waals surface area contributed by atoms with Gasteiger partial charge in [-0.2, -0.15) is 0 Å². The molecular weight excluding hydrogens is 300 g/mol. The van der Waals surface area contributed by atoms with E-state index in [0.29, 0.717) is 23.8 Å². The van der Waals surface area contributed by atoms with Gasteiger partial charge >= 0.3 is 0 Å². The minimum absolute atomic E-state index is 0.172. The van der Waals surface area contributed by atoms with E-state index in [4.69, 9.17) is 4.42 Å². The average molecular weight is 314 g/mol. The number of thiophene rings is 1. The van der Waals surface area contributed by atoms with Gasteiger partial charge in [-0.15, -0.1) is 21.5 Å². The lowest BCUT2D eigenvalue weighted by Gasteiger charge is -2.03. The van der Waals surface area contributed by atoms with E-state index < -0.39 is 0 Å². The smallest absolute Gasteiger partial charge is 0.257 e. The zero-order valence-corrected chi connectivity index (χ0v) is 13.0. The van der Waals surface area contributed by atoms with Crippen LogP contribution < -0.4 is 5.32 Å². The van der Waals surface area contributed by atoms with Crippen molar-refractivity contribution in [2.75, 3.05) is 5.32 Å². The summed E-state index contributed by atoms with van der Waals surface area (Å²) in [6.07, 6.45) is 3.88. The van der Waals surface area contributed by atoms with Crippen molar-refractivity contribution in [2.24, 2.45) is 0 Å². The first-order valence-corrected chi connectivity index (χ1v) is 7.63. The van der Waals surface area contributed by atoms with E-state index in [9.17, 15) is 4.79 Å². The van der Waals surface area contributed by atoms with Gasteiger partial charge in [-0.25, -0.2) is 0 Å². The first-order valence-electron chi connectivity index (χ1n) is 6.82. The molecule has 3 rings (SSSR count). The molecule has 7 heteroatoms. The molecule has 1 N–H and O–H groups in total. The Kier molecular flexibility index (Phi) is 3.97. The lowest BCUT2D eigenvalue weighted by Crippen LogP contribution is -2.11. The number of hydrogen-bond acceptors (Lipinski definition) is 6. The highest BCUT2D eigenvalue weighted by Gasteiger charge is 2.15. The second-order valence-corrected chi connectivity index (χ2v) is 5.88. The van der Waals surface area contributed by atoms with Gasteiger partial charge in [-0.1, -0.05) is 6.92 Å². The minimum atomic E-state index is -0.172. The van der Waals surface area contributed by atoms with E-state index >= 15 is 0 Å². The predicted molar refractivity (Wildman–Crippen MR) is 83.9 cm³/mol. The standard InChI is InChI=1S/C15H14N4O2S/c1-3-13-18-19-15(21-13)12-8-11(9(2)22-12)17-14(20)10-4-6-16-7-5-10/h4-8H,3H2,1-2H3,(H,17,20). The van der Waals surface area contributed by atoms with Gasteiger partial charge in [0.15, 0.2) is 0 Å². The zero-order chi connectivity index (χ0) is 15.5. The van der Waals surface area contributed by atoms with E-state index in [0.717, 1.165) is 15.4 Å². The van der Waals surface area contributed by atoms with Crippen molar-refractivity contribution in [1.29, 1.82) is 0 Å². The molecule has 0 aliphatic carbocycles. The van der Waals surface area contributed by atoms with E-state index in [-0.39, 0.29) is 5.91 Å². The quantitative estimate of drug-likeness (QED) is 0.799. The summed E-state index contributed by atoms with van der Waals surface area (Å²) in [6, 6.07) is 5.19. The maximum atomic E-state index is 12.2. The summed E-state index contributed by atoms with van der Waals surface area (Å²) in [4.78, 5) is 17.9. The third-order valence-corrected chi connectivity index (χ3v) is 4.13. The van der Waals surface area contributed by atoms with Crippen LogP contribution in [0.1, 0.15) is 28.0 Å². The summed E-state index contributed by atoms with van der Waals surface area (Å²) in [6.45, 7) is 3.89. The molecule has 0 spiro atoms. The summed E-state index contributed by atoms with van der Waals surface area (Å²) in [5.74, 6) is 0.910. The summed E-state index contributed by atoms with van der Waals surface area (Å²) in [7, 11) is 0. The molecule has 0 fully saturated rings. The van der Waals surface area contributed by atoms with Gasteiger partial charge in [-0.05, 0) is 25.1 Å². The molecule has 0 unspecified atom stereocenters. The highest BCUT2D eigenvalue weighted by atomic mass is 32.1. The van der Waals surface area contributed by atoms with Crippen LogP contribution in [0.5, 0.6) is 0 Å². The van der Waals surface area contributed by atoms with Gasteiger partial charge < -0.3 is 9.73 Å². The number of pyridine rings is 1. The maximum absolute atomic E-state index is 12.2. The van der Waals surface area contributed by atoms with Crippen LogP contribution in [-0.4, -0.2) is 21.1 Å². The lowest BCUT2D eigenvalue weighted by atomic mass is 10.2. The van der Waals surface area contributed by atoms with E-state index in [1.165, 1.54) is 11.3 Å². The molecule has 3 aromatic rings. The molecule has 0 aliphatic rings. The monoisotopic (exact) mass is 314 g/mol. The molecule has 112 valence electrons. The molecule has 0 radical (unpaired) electrons. The number of carbonyl (C=O) groups is 1. The highest BCUT2D eigenvalue weighted by molar-refractivity contribution is 7.15. The van der Waals surface area contributed by atoms with Crippen LogP contribution in [0, 0.1) is 6.92 Å². The number of rotatable bonds is 4. The van der Waals surface area contributed by atoms with E-state index in [1.54, 1.807) is 24.5 Å². The molecule has 6 nitrogen and oxygen atoms in total. The number of carbonyl (C=O) groups excluding carboxylic acids is 1. The van der Waals surface area contributed by atoms with Crippen molar-refractivity contribution >= 4 is 22.9 Å². The van der Waals surface area contributed by atoms with Gasteiger partial charge in [0, 0.05) is 29.3 Å². The first kappa shape index (κ1) is 14.4. The molecule has 1 amide bonds. The van der Waals surface area contributed by atoms with Gasteiger partial charge in [0.2, 0.25) is 5.89 Å². The largest absolute Gasteiger partial charge is 0.420 e. The minimum Gasteiger partial charge on any atom is -0.420 e. The van der Waals surface area contributed by atoms with Crippen molar-refractivity contribution in [3.8, 4) is 10.8 Å². The molecule has 0 atom stereocenters. The summed E-state index contributed by atoms with van der Waals surface area (Å²) >= 11 is 1.51. The summed E-state index contributed by atoms with van der Waals surface area (Å²) in [5.41, 5.74) is 1.31. The molecule has 0 aliphatic heterocycles. The number of nitrogens with zero attached hydrogens (tertiary/aromatic N) is 3. The number of nitrogens with one attached hydrogen (secondary N) is 1. The Morgan fingerprint density at radius 1 is 1.32 bits per heavy atom. The Morgan fingerprint density at radius 2 is 2.09 bits per heavy atom. The molecule has 0 bridgehead atoms. The van der Waals surface area contributed by atoms with Crippen molar-refractivity contribution in [3.05, 3.63) is 46.9 Å². The highest BCUT2D eigenvalue weighted by Crippen LogP contribution is 2.33. The van der Waals surface area contributed by atoms with Crippen LogP contribution in [-0.2, 0) is 6.42 Å². The third kappa shape index (κ3) is 2.89. The number of aromatic nitrogens is 3. The number of aryl methyl sites for hydroxylation is 2. The van der Waals surface area contributed by atoms with Crippen LogP contribution in [0.2, 0.25) is 0 Å². The first-order chi connectivity index (χ1) is 10.7. The SMILES string of the molecule is CCc1nnc(-c2cc(NC(=O)c3ccncc3)c(C)s2)o1. The Labute approximate surface area is 131 Å². The number of hydrogen-bond donors (Lipinski definition) is 1. The summed E-state index contributed by atoms with van der Waals surface area (Å²) in [5, 5.41) is 10.9. The van der Waals surface area contributed by atoms with E-state index in [1.807, 2.05) is 19.9 Å². The molecular formula is C15H14N4O2S. The Balaban J connectivity index is 1.82. The van der Waals surface area contributed by atoms with E-state index in [2.05, 4.69) is 20.5 Å². The average Bonchev–Trinajstić information content (AvgIpc) is 3.15. The molecule has 3 aromatic heterocycles. The third-order valence-electron chi connectivity index (χ3n) is 3.09. The fourth-order valence-corrected chi connectivity index (χ4v) is 2.80. The Hall–Kier alpha value is -2.54. The van der Waals surface area contributed by atoms with Gasteiger partial charge in [0.1, 0.15) is 0 Å². The molecule has 0 saturated carbocycles. The van der Waals surface area contributed by atoms with Crippen LogP contribution in [0.15, 0.2) is 35.0 Å². The van der Waals surface area contributed by atoms with Crippen molar-refractivity contribution < 1.29 is 9.21 Å². The molecule has 3 heterocycles. The number of anilines is 1. The van der Waals surface area contributed by atoms with Gasteiger partial charge in [-0.3, -0.25) is 9.78 Å². The Morgan fingerprint density at radius 3 is 2.77 bits per heavy atom. The van der Waals surface area contributed by atoms with Crippen molar-refractivity contribution in [2.45, 2.75) is 20.3 Å². The van der Waals surface area contributed by atoms with Crippen LogP contribution in [0.25, 0.3) is 10.8 Å². The second kappa shape index (κ2) is 6.07. The van der Waals surface area contributed by atoms with Crippen molar-refractivity contribution in [3.63, 3.8) is 0 Å². The predicted octanol–water partition coefficient (Wildman–Crippen LogP) is 3.32.